The van der Waals surface area contributed by atoms with Gasteiger partial charge in [0.1, 0.15) is 23.7 Å². The summed E-state index contributed by atoms with van der Waals surface area (Å²) in [5, 5.41) is 12.7. The summed E-state index contributed by atoms with van der Waals surface area (Å²) in [7, 11) is -4.03. The SMILES string of the molecule is CC(C)(C)OC(=O)NC1COc2c1ccc1c2cc(-c2cnc(CO)cn2)n1S(=O)(=O)c1ccccc1. The quantitative estimate of drug-likeness (QED) is 0.405. The number of fused-ring (bicyclic) bond motifs is 3. The van der Waals surface area contributed by atoms with Crippen LogP contribution in [-0.2, 0) is 21.4 Å². The molecule has 5 rings (SSSR count). The fourth-order valence-corrected chi connectivity index (χ4v) is 5.75. The Morgan fingerprint density at radius 2 is 1.92 bits per heavy atom. The van der Waals surface area contributed by atoms with E-state index in [-0.39, 0.29) is 23.8 Å². The maximum atomic E-state index is 13.8. The zero-order valence-electron chi connectivity index (χ0n) is 20.5. The second kappa shape index (κ2) is 9.16. The number of alkyl carbamates (subject to hydrolysis) is 1. The van der Waals surface area contributed by atoms with Gasteiger partial charge in [-0.2, -0.15) is 0 Å². The van der Waals surface area contributed by atoms with E-state index in [1.807, 2.05) is 0 Å². The first-order valence-corrected chi connectivity index (χ1v) is 13.1. The Labute approximate surface area is 213 Å². The number of ether oxygens (including phenoxy) is 2. The van der Waals surface area contributed by atoms with Gasteiger partial charge in [0, 0.05) is 10.9 Å². The summed E-state index contributed by atoms with van der Waals surface area (Å²) in [6.45, 7) is 5.23. The Kier molecular flexibility index (Phi) is 6.12. The molecule has 0 spiro atoms. The van der Waals surface area contributed by atoms with E-state index >= 15 is 0 Å². The Morgan fingerprint density at radius 3 is 2.57 bits per heavy atom. The van der Waals surface area contributed by atoms with Crippen LogP contribution in [-0.4, -0.2) is 45.8 Å². The van der Waals surface area contributed by atoms with Crippen molar-refractivity contribution in [2.24, 2.45) is 0 Å². The molecule has 1 aliphatic rings. The predicted octanol–water partition coefficient (Wildman–Crippen LogP) is 3.79. The van der Waals surface area contributed by atoms with Gasteiger partial charge in [-0.05, 0) is 45.0 Å². The van der Waals surface area contributed by atoms with Gasteiger partial charge in [-0.3, -0.25) is 9.97 Å². The molecule has 0 aliphatic carbocycles. The minimum Gasteiger partial charge on any atom is -0.490 e. The number of aromatic nitrogens is 3. The molecule has 4 aromatic rings. The molecule has 1 atom stereocenters. The van der Waals surface area contributed by atoms with E-state index in [0.717, 1.165) is 0 Å². The van der Waals surface area contributed by atoms with Gasteiger partial charge in [-0.25, -0.2) is 17.2 Å². The summed E-state index contributed by atoms with van der Waals surface area (Å²) >= 11 is 0. The summed E-state index contributed by atoms with van der Waals surface area (Å²) in [6.07, 6.45) is 2.25. The number of aliphatic hydroxyl groups is 1. The van der Waals surface area contributed by atoms with E-state index in [0.29, 0.717) is 33.6 Å². The van der Waals surface area contributed by atoms with Crippen molar-refractivity contribution in [3.05, 3.63) is 72.2 Å². The van der Waals surface area contributed by atoms with Crippen molar-refractivity contribution in [2.45, 2.75) is 43.9 Å². The summed E-state index contributed by atoms with van der Waals surface area (Å²) in [4.78, 5) is 21.0. The molecule has 0 radical (unpaired) electrons. The molecular formula is C26H26N4O6S. The molecule has 11 heteroatoms. The van der Waals surface area contributed by atoms with E-state index in [2.05, 4.69) is 15.3 Å². The number of nitrogens with one attached hydrogen (secondary N) is 1. The minimum atomic E-state index is -4.03. The average molecular weight is 523 g/mol. The second-order valence-corrected chi connectivity index (χ2v) is 11.4. The van der Waals surface area contributed by atoms with E-state index in [4.69, 9.17) is 9.47 Å². The monoisotopic (exact) mass is 522 g/mol. The summed E-state index contributed by atoms with van der Waals surface area (Å²) in [6, 6.07) is 12.8. The molecule has 2 aromatic carbocycles. The van der Waals surface area contributed by atoms with Gasteiger partial charge in [-0.1, -0.05) is 24.3 Å². The van der Waals surface area contributed by atoms with Gasteiger partial charge >= 0.3 is 6.09 Å². The number of benzene rings is 2. The highest BCUT2D eigenvalue weighted by Crippen LogP contribution is 2.42. The lowest BCUT2D eigenvalue weighted by Crippen LogP contribution is -2.35. The largest absolute Gasteiger partial charge is 0.490 e. The Bertz CT molecular complexity index is 1580. The second-order valence-electron chi connectivity index (χ2n) is 9.59. The third-order valence-corrected chi connectivity index (χ3v) is 7.54. The number of nitrogens with zero attached hydrogens (tertiary/aromatic N) is 3. The molecule has 0 fully saturated rings. The summed E-state index contributed by atoms with van der Waals surface area (Å²) in [5.74, 6) is 0.474. The van der Waals surface area contributed by atoms with Crippen molar-refractivity contribution in [3.8, 4) is 17.1 Å². The van der Waals surface area contributed by atoms with Crippen LogP contribution >= 0.6 is 0 Å². The van der Waals surface area contributed by atoms with E-state index in [1.54, 1.807) is 57.2 Å². The van der Waals surface area contributed by atoms with Crippen molar-refractivity contribution in [1.29, 1.82) is 0 Å². The smallest absolute Gasteiger partial charge is 0.408 e. The number of carbonyl (C=O) groups is 1. The van der Waals surface area contributed by atoms with Crippen molar-refractivity contribution in [2.75, 3.05) is 6.61 Å². The molecule has 10 nitrogen and oxygen atoms in total. The van der Waals surface area contributed by atoms with Gasteiger partial charge in [-0.15, -0.1) is 0 Å². The number of carbonyl (C=O) groups excluding carboxylic acids is 1. The molecular weight excluding hydrogens is 496 g/mol. The third-order valence-electron chi connectivity index (χ3n) is 5.79. The zero-order valence-corrected chi connectivity index (χ0v) is 21.3. The van der Waals surface area contributed by atoms with Crippen LogP contribution in [0, 0.1) is 0 Å². The van der Waals surface area contributed by atoms with Crippen LogP contribution in [0.2, 0.25) is 0 Å². The third kappa shape index (κ3) is 4.63. The minimum absolute atomic E-state index is 0.111. The molecule has 1 amide bonds. The normalized spacial score (nSPS) is 15.3. The molecule has 0 saturated heterocycles. The van der Waals surface area contributed by atoms with Crippen LogP contribution < -0.4 is 10.1 Å². The highest BCUT2D eigenvalue weighted by atomic mass is 32.2. The number of hydrogen-bond donors (Lipinski definition) is 2. The van der Waals surface area contributed by atoms with Crippen LogP contribution in [0.25, 0.3) is 22.3 Å². The molecule has 192 valence electrons. The Morgan fingerprint density at radius 1 is 1.16 bits per heavy atom. The first-order chi connectivity index (χ1) is 17.6. The van der Waals surface area contributed by atoms with Crippen molar-refractivity contribution in [1.82, 2.24) is 19.3 Å². The molecule has 1 unspecified atom stereocenters. The van der Waals surface area contributed by atoms with E-state index in [9.17, 15) is 18.3 Å². The van der Waals surface area contributed by atoms with Gasteiger partial charge in [0.05, 0.1) is 46.8 Å². The first kappa shape index (κ1) is 24.7. The van der Waals surface area contributed by atoms with Gasteiger partial charge in [0.25, 0.3) is 10.0 Å². The zero-order chi connectivity index (χ0) is 26.4. The van der Waals surface area contributed by atoms with E-state index < -0.39 is 27.8 Å². The predicted molar refractivity (Wildman–Crippen MR) is 136 cm³/mol. The molecule has 0 bridgehead atoms. The fourth-order valence-electron chi connectivity index (χ4n) is 4.21. The van der Waals surface area contributed by atoms with Crippen molar-refractivity contribution in [3.63, 3.8) is 0 Å². The van der Waals surface area contributed by atoms with Crippen LogP contribution in [0.5, 0.6) is 5.75 Å². The number of rotatable bonds is 5. The van der Waals surface area contributed by atoms with Crippen molar-refractivity contribution < 1.29 is 27.8 Å². The topological polar surface area (TPSA) is 133 Å². The fraction of sp³-hybridized carbons (Fsp3) is 0.269. The highest BCUT2D eigenvalue weighted by molar-refractivity contribution is 7.90. The van der Waals surface area contributed by atoms with Crippen molar-refractivity contribution >= 4 is 27.0 Å². The molecule has 2 N–H and O–H groups in total. The summed E-state index contributed by atoms with van der Waals surface area (Å²) < 4.78 is 40.2. The first-order valence-electron chi connectivity index (χ1n) is 11.6. The number of hydrogen-bond acceptors (Lipinski definition) is 8. The highest BCUT2D eigenvalue weighted by Gasteiger charge is 2.32. The molecule has 37 heavy (non-hydrogen) atoms. The van der Waals surface area contributed by atoms with Gasteiger partial charge < -0.3 is 19.9 Å². The van der Waals surface area contributed by atoms with Crippen LogP contribution in [0.3, 0.4) is 0 Å². The standard InChI is InChI=1S/C26H26N4O6S/c1-26(2,3)36-25(32)29-21-15-35-24-18(21)9-10-22-19(24)11-23(20-13-27-16(14-31)12-28-20)30(22)37(33,34)17-7-5-4-6-8-17/h4-13,21,31H,14-15H2,1-3H3,(H,29,32). The Balaban J connectivity index is 1.65. The molecule has 2 aromatic heterocycles. The lowest BCUT2D eigenvalue weighted by molar-refractivity contribution is 0.0497. The maximum absolute atomic E-state index is 13.8. The number of amides is 1. The average Bonchev–Trinajstić information content (AvgIpc) is 3.45. The molecule has 0 saturated carbocycles. The Hall–Kier alpha value is -3.96. The van der Waals surface area contributed by atoms with Crippen LogP contribution in [0.15, 0.2) is 65.8 Å². The summed E-state index contributed by atoms with van der Waals surface area (Å²) in [5.41, 5.74) is 1.41. The molecule has 3 heterocycles. The van der Waals surface area contributed by atoms with Crippen LogP contribution in [0.1, 0.15) is 38.1 Å². The van der Waals surface area contributed by atoms with Gasteiger partial charge in [0.2, 0.25) is 0 Å². The lowest BCUT2D eigenvalue weighted by Gasteiger charge is -2.21. The van der Waals surface area contributed by atoms with Gasteiger partial charge in [0.15, 0.2) is 0 Å². The molecule has 1 aliphatic heterocycles. The lowest BCUT2D eigenvalue weighted by atomic mass is 10.1. The maximum Gasteiger partial charge on any atom is 0.408 e. The number of aliphatic hydroxyl groups excluding tert-OH is 1. The van der Waals surface area contributed by atoms with Crippen LogP contribution in [0.4, 0.5) is 4.79 Å². The van der Waals surface area contributed by atoms with E-state index in [1.165, 1.54) is 28.5 Å².